The summed E-state index contributed by atoms with van der Waals surface area (Å²) in [6, 6.07) is 2.05. The van der Waals surface area contributed by atoms with Gasteiger partial charge in [-0.3, -0.25) is 0 Å². The first-order valence-corrected chi connectivity index (χ1v) is 8.64. The van der Waals surface area contributed by atoms with Crippen LogP contribution < -0.4 is 9.62 Å². The lowest BCUT2D eigenvalue weighted by molar-refractivity contribution is 0.400. The van der Waals surface area contributed by atoms with Crippen LogP contribution in [0.1, 0.15) is 25.5 Å². The van der Waals surface area contributed by atoms with Gasteiger partial charge < -0.3 is 4.90 Å². The third-order valence-corrected chi connectivity index (χ3v) is 5.04. The zero-order valence-corrected chi connectivity index (χ0v) is 12.8. The summed E-state index contributed by atoms with van der Waals surface area (Å²) >= 11 is 0. The zero-order valence-electron chi connectivity index (χ0n) is 12.0. The lowest BCUT2D eigenvalue weighted by Gasteiger charge is -2.32. The molecule has 0 unspecified atom stereocenters. The lowest BCUT2D eigenvalue weighted by Crippen LogP contribution is -2.39. The SMILES string of the molecule is CCS(=O)(=O)NCC1CCN(c2nccnc2C#N)CC1. The smallest absolute Gasteiger partial charge is 0.211 e. The van der Waals surface area contributed by atoms with E-state index in [9.17, 15) is 8.42 Å². The van der Waals surface area contributed by atoms with Gasteiger partial charge in [-0.1, -0.05) is 0 Å². The van der Waals surface area contributed by atoms with Crippen molar-refractivity contribution in [3.8, 4) is 6.07 Å². The van der Waals surface area contributed by atoms with Gasteiger partial charge in [0.15, 0.2) is 11.5 Å². The molecule has 1 aromatic rings. The van der Waals surface area contributed by atoms with Gasteiger partial charge in [0.1, 0.15) is 6.07 Å². The Bertz CT molecular complexity index is 618. The second-order valence-corrected chi connectivity index (χ2v) is 7.12. The summed E-state index contributed by atoms with van der Waals surface area (Å²) in [5.41, 5.74) is 0.336. The molecule has 114 valence electrons. The first-order valence-electron chi connectivity index (χ1n) is 6.99. The van der Waals surface area contributed by atoms with E-state index < -0.39 is 10.0 Å². The van der Waals surface area contributed by atoms with E-state index in [1.165, 1.54) is 6.20 Å². The molecule has 1 fully saturated rings. The molecule has 2 rings (SSSR count). The van der Waals surface area contributed by atoms with Crippen molar-refractivity contribution in [2.24, 2.45) is 5.92 Å². The van der Waals surface area contributed by atoms with Crippen molar-refractivity contribution in [2.45, 2.75) is 19.8 Å². The molecule has 0 amide bonds. The second-order valence-electron chi connectivity index (χ2n) is 5.02. The molecular formula is C13H19N5O2S. The number of rotatable bonds is 5. The van der Waals surface area contributed by atoms with Crippen LogP contribution in [-0.2, 0) is 10.0 Å². The van der Waals surface area contributed by atoms with Crippen molar-refractivity contribution in [3.63, 3.8) is 0 Å². The predicted molar refractivity (Wildman–Crippen MR) is 79.1 cm³/mol. The number of anilines is 1. The largest absolute Gasteiger partial charge is 0.354 e. The molecule has 0 radical (unpaired) electrons. The van der Waals surface area contributed by atoms with E-state index in [1.807, 2.05) is 11.0 Å². The Morgan fingerprint density at radius 3 is 2.67 bits per heavy atom. The molecular weight excluding hydrogens is 290 g/mol. The van der Waals surface area contributed by atoms with Crippen LogP contribution in [0.2, 0.25) is 0 Å². The topological polar surface area (TPSA) is 99.0 Å². The Balaban J connectivity index is 1.90. The molecule has 0 saturated carbocycles. The number of nitrogens with one attached hydrogen (secondary N) is 1. The van der Waals surface area contributed by atoms with Gasteiger partial charge in [-0.25, -0.2) is 23.1 Å². The molecule has 0 bridgehead atoms. The molecule has 1 saturated heterocycles. The fraction of sp³-hybridized carbons (Fsp3) is 0.615. The van der Waals surface area contributed by atoms with Crippen molar-refractivity contribution in [2.75, 3.05) is 30.3 Å². The standard InChI is InChI=1S/C13H19N5O2S/c1-2-21(19,20)17-10-11-3-7-18(8-4-11)13-12(9-14)15-5-6-16-13/h5-6,11,17H,2-4,7-8,10H2,1H3. The van der Waals surface area contributed by atoms with Crippen LogP contribution in [0.3, 0.4) is 0 Å². The molecule has 21 heavy (non-hydrogen) atoms. The van der Waals surface area contributed by atoms with Crippen LogP contribution >= 0.6 is 0 Å². The summed E-state index contributed by atoms with van der Waals surface area (Å²) in [7, 11) is -3.12. The molecule has 0 spiro atoms. The van der Waals surface area contributed by atoms with Gasteiger partial charge >= 0.3 is 0 Å². The number of nitrogens with zero attached hydrogens (tertiary/aromatic N) is 4. The average Bonchev–Trinajstić information content (AvgIpc) is 2.53. The van der Waals surface area contributed by atoms with Crippen LogP contribution in [0, 0.1) is 17.2 Å². The fourth-order valence-electron chi connectivity index (χ4n) is 2.34. The number of piperidine rings is 1. The summed E-state index contributed by atoms with van der Waals surface area (Å²) in [4.78, 5) is 10.3. The van der Waals surface area contributed by atoms with Gasteiger partial charge in [0.2, 0.25) is 10.0 Å². The number of hydrogen-bond donors (Lipinski definition) is 1. The molecule has 1 N–H and O–H groups in total. The Morgan fingerprint density at radius 1 is 1.38 bits per heavy atom. The van der Waals surface area contributed by atoms with Crippen molar-refractivity contribution in [1.82, 2.24) is 14.7 Å². The first kappa shape index (κ1) is 15.7. The molecule has 1 aliphatic heterocycles. The molecule has 8 heteroatoms. The maximum atomic E-state index is 11.4. The molecule has 0 aliphatic carbocycles. The molecule has 1 aromatic heterocycles. The number of aromatic nitrogens is 2. The molecule has 1 aliphatic rings. The second kappa shape index (κ2) is 6.83. The van der Waals surface area contributed by atoms with Gasteiger partial charge in [-0.05, 0) is 25.7 Å². The lowest BCUT2D eigenvalue weighted by atomic mass is 9.97. The molecule has 0 atom stereocenters. The summed E-state index contributed by atoms with van der Waals surface area (Å²) in [5.74, 6) is 1.05. The van der Waals surface area contributed by atoms with Crippen LogP contribution in [-0.4, -0.2) is 43.8 Å². The number of sulfonamides is 1. The highest BCUT2D eigenvalue weighted by Gasteiger charge is 2.23. The third kappa shape index (κ3) is 4.12. The Kier molecular flexibility index (Phi) is 5.09. The van der Waals surface area contributed by atoms with E-state index in [0.717, 1.165) is 25.9 Å². The highest BCUT2D eigenvalue weighted by atomic mass is 32.2. The van der Waals surface area contributed by atoms with E-state index in [2.05, 4.69) is 14.7 Å². The van der Waals surface area contributed by atoms with Gasteiger partial charge in [-0.15, -0.1) is 0 Å². The van der Waals surface area contributed by atoms with E-state index in [0.29, 0.717) is 24.0 Å². The number of nitriles is 1. The maximum Gasteiger partial charge on any atom is 0.211 e. The fourth-order valence-corrected chi connectivity index (χ4v) is 3.03. The van der Waals surface area contributed by atoms with Gasteiger partial charge in [0.05, 0.1) is 5.75 Å². The van der Waals surface area contributed by atoms with Crippen LogP contribution in [0.25, 0.3) is 0 Å². The highest BCUT2D eigenvalue weighted by Crippen LogP contribution is 2.22. The molecule has 7 nitrogen and oxygen atoms in total. The van der Waals surface area contributed by atoms with Gasteiger partial charge in [0.25, 0.3) is 0 Å². The van der Waals surface area contributed by atoms with Gasteiger partial charge in [-0.2, -0.15) is 5.26 Å². The minimum Gasteiger partial charge on any atom is -0.354 e. The monoisotopic (exact) mass is 309 g/mol. The minimum absolute atomic E-state index is 0.108. The van der Waals surface area contributed by atoms with E-state index in [1.54, 1.807) is 13.1 Å². The predicted octanol–water partition coefficient (Wildman–Crippen LogP) is 0.504. The summed E-state index contributed by atoms with van der Waals surface area (Å²) in [6.07, 6.45) is 4.83. The van der Waals surface area contributed by atoms with E-state index >= 15 is 0 Å². The maximum absolute atomic E-state index is 11.4. The van der Waals surface area contributed by atoms with E-state index in [4.69, 9.17) is 5.26 Å². The van der Waals surface area contributed by atoms with Crippen LogP contribution in [0.4, 0.5) is 5.82 Å². The first-order chi connectivity index (χ1) is 10.1. The normalized spacial score (nSPS) is 16.7. The highest BCUT2D eigenvalue weighted by molar-refractivity contribution is 7.89. The van der Waals surface area contributed by atoms with Crippen LogP contribution in [0.15, 0.2) is 12.4 Å². The average molecular weight is 309 g/mol. The minimum atomic E-state index is -3.12. The molecule has 2 heterocycles. The third-order valence-electron chi connectivity index (χ3n) is 3.67. The quantitative estimate of drug-likeness (QED) is 0.850. The Labute approximate surface area is 125 Å². The van der Waals surface area contributed by atoms with Gasteiger partial charge in [0, 0.05) is 32.0 Å². The van der Waals surface area contributed by atoms with Crippen molar-refractivity contribution in [1.29, 1.82) is 5.26 Å². The zero-order chi connectivity index (χ0) is 15.3. The van der Waals surface area contributed by atoms with E-state index in [-0.39, 0.29) is 5.75 Å². The van der Waals surface area contributed by atoms with Crippen molar-refractivity contribution in [3.05, 3.63) is 18.1 Å². The molecule has 0 aromatic carbocycles. The van der Waals surface area contributed by atoms with Crippen molar-refractivity contribution < 1.29 is 8.42 Å². The summed E-state index contributed by atoms with van der Waals surface area (Å²) < 4.78 is 25.5. The van der Waals surface area contributed by atoms with Crippen molar-refractivity contribution >= 4 is 15.8 Å². The van der Waals surface area contributed by atoms with Crippen LogP contribution in [0.5, 0.6) is 0 Å². The summed E-state index contributed by atoms with van der Waals surface area (Å²) in [5, 5.41) is 9.05. The number of hydrogen-bond acceptors (Lipinski definition) is 6. The Morgan fingerprint density at radius 2 is 2.05 bits per heavy atom. The Hall–Kier alpha value is -1.72. The summed E-state index contributed by atoms with van der Waals surface area (Å²) in [6.45, 7) is 3.62.